The highest BCUT2D eigenvalue weighted by Crippen LogP contribution is 2.30. The summed E-state index contributed by atoms with van der Waals surface area (Å²) in [5.41, 5.74) is -0.933. The van der Waals surface area contributed by atoms with Gasteiger partial charge in [-0.05, 0) is 18.2 Å². The van der Waals surface area contributed by atoms with Crippen molar-refractivity contribution in [3.8, 4) is 0 Å². The van der Waals surface area contributed by atoms with Crippen LogP contribution in [0.3, 0.4) is 0 Å². The van der Waals surface area contributed by atoms with Gasteiger partial charge in [0.1, 0.15) is 5.82 Å². The molecule has 1 aromatic rings. The molecule has 0 fully saturated rings. The van der Waals surface area contributed by atoms with Gasteiger partial charge >= 0.3 is 6.18 Å². The van der Waals surface area contributed by atoms with Gasteiger partial charge in [-0.2, -0.15) is 13.2 Å². The maximum Gasteiger partial charge on any atom is 0.416 e. The lowest BCUT2D eigenvalue weighted by Gasteiger charge is -2.08. The first kappa shape index (κ1) is 9.83. The number of benzene rings is 1. The first-order chi connectivity index (χ1) is 5.95. The summed E-state index contributed by atoms with van der Waals surface area (Å²) < 4.78 is 48.9. The number of rotatable bonds is 1. The molecule has 0 aliphatic heterocycles. The molecule has 1 aromatic carbocycles. The van der Waals surface area contributed by atoms with Crippen LogP contribution in [0.25, 0.3) is 0 Å². The molecule has 0 unspecified atom stereocenters. The van der Waals surface area contributed by atoms with E-state index in [4.69, 9.17) is 0 Å². The molecule has 0 heterocycles. The molecule has 0 aromatic heterocycles. The molecule has 0 amide bonds. The van der Waals surface area contributed by atoms with E-state index in [9.17, 15) is 17.6 Å². The summed E-state index contributed by atoms with van der Waals surface area (Å²) >= 11 is 0. The third-order valence-electron chi connectivity index (χ3n) is 1.57. The molecule has 0 spiro atoms. The van der Waals surface area contributed by atoms with E-state index >= 15 is 0 Å². The highest BCUT2D eigenvalue weighted by molar-refractivity contribution is 5.46. The molecule has 0 aliphatic carbocycles. The highest BCUT2D eigenvalue weighted by Gasteiger charge is 2.30. The predicted octanol–water partition coefficient (Wildman–Crippen LogP) is 2.89. The predicted molar refractivity (Wildman–Crippen MR) is 40.9 cm³/mol. The Bertz CT molecular complexity index is 306. The molecule has 1 nitrogen and oxygen atoms in total. The van der Waals surface area contributed by atoms with Gasteiger partial charge in [-0.15, -0.1) is 0 Å². The van der Waals surface area contributed by atoms with Crippen molar-refractivity contribution in [3.63, 3.8) is 0 Å². The monoisotopic (exact) mass is 193 g/mol. The van der Waals surface area contributed by atoms with Gasteiger partial charge in [0.05, 0.1) is 11.3 Å². The highest BCUT2D eigenvalue weighted by atomic mass is 19.4. The van der Waals surface area contributed by atoms with E-state index in [0.717, 1.165) is 12.1 Å². The van der Waals surface area contributed by atoms with Crippen LogP contribution in [-0.2, 0) is 6.18 Å². The lowest BCUT2D eigenvalue weighted by molar-refractivity contribution is -0.137. The second-order valence-electron chi connectivity index (χ2n) is 2.44. The molecule has 1 N–H and O–H groups in total. The van der Waals surface area contributed by atoms with Crippen molar-refractivity contribution in [3.05, 3.63) is 29.6 Å². The van der Waals surface area contributed by atoms with Crippen LogP contribution in [0.4, 0.5) is 23.2 Å². The summed E-state index contributed by atoms with van der Waals surface area (Å²) in [6.07, 6.45) is -4.49. The average Bonchev–Trinajstić information content (AvgIpc) is 2.02. The largest absolute Gasteiger partial charge is 0.416 e. The third kappa shape index (κ3) is 2.11. The van der Waals surface area contributed by atoms with E-state index in [1.54, 1.807) is 0 Å². The minimum Gasteiger partial charge on any atom is -0.386 e. The lowest BCUT2D eigenvalue weighted by Crippen LogP contribution is -2.06. The van der Waals surface area contributed by atoms with Gasteiger partial charge in [0.25, 0.3) is 0 Å². The van der Waals surface area contributed by atoms with E-state index in [0.29, 0.717) is 6.07 Å². The second kappa shape index (κ2) is 3.24. The number of alkyl halides is 3. The van der Waals surface area contributed by atoms with E-state index in [2.05, 4.69) is 5.32 Å². The molecule has 13 heavy (non-hydrogen) atoms. The zero-order chi connectivity index (χ0) is 10.1. The zero-order valence-electron chi connectivity index (χ0n) is 6.74. The normalized spacial score (nSPS) is 11.5. The zero-order valence-corrected chi connectivity index (χ0v) is 6.74. The second-order valence-corrected chi connectivity index (χ2v) is 2.44. The number of hydrogen-bond acceptors (Lipinski definition) is 1. The maximum atomic E-state index is 12.8. The Kier molecular flexibility index (Phi) is 2.45. The van der Waals surface area contributed by atoms with Gasteiger partial charge in [-0.25, -0.2) is 4.39 Å². The Morgan fingerprint density at radius 1 is 1.23 bits per heavy atom. The lowest BCUT2D eigenvalue weighted by atomic mass is 10.2. The van der Waals surface area contributed by atoms with Gasteiger partial charge in [0.2, 0.25) is 0 Å². The third-order valence-corrected chi connectivity index (χ3v) is 1.57. The van der Waals surface area contributed by atoms with Crippen molar-refractivity contribution >= 4 is 5.69 Å². The van der Waals surface area contributed by atoms with Crippen molar-refractivity contribution < 1.29 is 17.6 Å². The molecule has 5 heteroatoms. The van der Waals surface area contributed by atoms with Crippen LogP contribution in [-0.4, -0.2) is 7.05 Å². The first-order valence-corrected chi connectivity index (χ1v) is 3.49. The van der Waals surface area contributed by atoms with Crippen LogP contribution in [0.15, 0.2) is 18.2 Å². The molecule has 0 saturated heterocycles. The fraction of sp³-hybridized carbons (Fsp3) is 0.250. The van der Waals surface area contributed by atoms with Crippen molar-refractivity contribution in [1.82, 2.24) is 0 Å². The van der Waals surface area contributed by atoms with E-state index in [1.807, 2.05) is 0 Å². The Morgan fingerprint density at radius 3 is 2.23 bits per heavy atom. The molecule has 0 radical (unpaired) electrons. The van der Waals surface area contributed by atoms with Gasteiger partial charge in [-0.3, -0.25) is 0 Å². The van der Waals surface area contributed by atoms with Crippen molar-refractivity contribution in [2.45, 2.75) is 6.18 Å². The number of nitrogens with one attached hydrogen (secondary N) is 1. The van der Waals surface area contributed by atoms with Crippen LogP contribution in [0.1, 0.15) is 5.56 Å². The Labute approximate surface area is 72.4 Å². The fourth-order valence-electron chi connectivity index (χ4n) is 0.894. The maximum absolute atomic E-state index is 12.8. The van der Waals surface area contributed by atoms with Gasteiger partial charge < -0.3 is 5.32 Å². The molecule has 72 valence electrons. The molecule has 0 aliphatic rings. The molecular weight excluding hydrogens is 186 g/mol. The summed E-state index contributed by atoms with van der Waals surface area (Å²) in [5, 5.41) is 2.43. The Hall–Kier alpha value is -1.26. The topological polar surface area (TPSA) is 12.0 Å². The number of anilines is 1. The molecule has 1 rings (SSSR count). The van der Waals surface area contributed by atoms with E-state index < -0.39 is 17.6 Å². The van der Waals surface area contributed by atoms with Gasteiger partial charge in [0.15, 0.2) is 0 Å². The summed E-state index contributed by atoms with van der Waals surface area (Å²) in [5.74, 6) is -0.905. The average molecular weight is 193 g/mol. The first-order valence-electron chi connectivity index (χ1n) is 3.49. The summed E-state index contributed by atoms with van der Waals surface area (Å²) in [6.45, 7) is 0. The van der Waals surface area contributed by atoms with Gasteiger partial charge in [0, 0.05) is 7.05 Å². The molecule has 0 atom stereocenters. The van der Waals surface area contributed by atoms with Crippen molar-refractivity contribution in [2.75, 3.05) is 12.4 Å². The minimum absolute atomic E-state index is 0.0491. The van der Waals surface area contributed by atoms with Crippen molar-refractivity contribution in [1.29, 1.82) is 0 Å². The summed E-state index contributed by atoms with van der Waals surface area (Å²) in [4.78, 5) is 0. The molecular formula is C8H7F4N. The summed E-state index contributed by atoms with van der Waals surface area (Å²) in [7, 11) is 1.44. The van der Waals surface area contributed by atoms with Crippen molar-refractivity contribution in [2.24, 2.45) is 0 Å². The van der Waals surface area contributed by atoms with Crippen LogP contribution in [0, 0.1) is 5.82 Å². The van der Waals surface area contributed by atoms with Gasteiger partial charge in [-0.1, -0.05) is 0 Å². The quantitative estimate of drug-likeness (QED) is 0.676. The molecule has 0 saturated carbocycles. The molecule has 0 bridgehead atoms. The standard InChI is InChI=1S/C8H7F4N/c1-13-7-3-2-5(4-6(7)9)8(10,11)12/h2-4,13H,1H3. The minimum atomic E-state index is -4.49. The summed E-state index contributed by atoms with van der Waals surface area (Å²) in [6, 6.07) is 2.35. The van der Waals surface area contributed by atoms with E-state index in [1.165, 1.54) is 7.05 Å². The number of halogens is 4. The number of hydrogen-bond donors (Lipinski definition) is 1. The Morgan fingerprint density at radius 2 is 1.85 bits per heavy atom. The van der Waals surface area contributed by atoms with Crippen LogP contribution >= 0.6 is 0 Å². The van der Waals surface area contributed by atoms with E-state index in [-0.39, 0.29) is 5.69 Å². The van der Waals surface area contributed by atoms with Crippen LogP contribution in [0.2, 0.25) is 0 Å². The fourth-order valence-corrected chi connectivity index (χ4v) is 0.894. The van der Waals surface area contributed by atoms with Crippen LogP contribution < -0.4 is 5.32 Å². The Balaban J connectivity index is 3.10. The van der Waals surface area contributed by atoms with Crippen LogP contribution in [0.5, 0.6) is 0 Å². The SMILES string of the molecule is CNc1ccc(C(F)(F)F)cc1F. The smallest absolute Gasteiger partial charge is 0.386 e.